The number of likely N-dealkylation sites (tertiary alicyclic amines) is 2. The number of rotatable bonds is 2. The predicted octanol–water partition coefficient (Wildman–Crippen LogP) is 1.68. The number of nitrogens with zero attached hydrogens (tertiary/aromatic N) is 2. The second-order valence-corrected chi connectivity index (χ2v) is 6.84. The van der Waals surface area contributed by atoms with Gasteiger partial charge in [-0.3, -0.25) is 4.79 Å². The third kappa shape index (κ3) is 3.44. The summed E-state index contributed by atoms with van der Waals surface area (Å²) in [7, 11) is 0. The van der Waals surface area contributed by atoms with Gasteiger partial charge in [0.15, 0.2) is 0 Å². The second kappa shape index (κ2) is 6.02. The first-order chi connectivity index (χ1) is 9.36. The third-order valence-electron chi connectivity index (χ3n) is 4.27. The average molecular weight is 281 g/mol. The number of hydrogen-bond donors (Lipinski definition) is 1. The van der Waals surface area contributed by atoms with Gasteiger partial charge in [0.05, 0.1) is 6.04 Å². The highest BCUT2D eigenvalue weighted by Gasteiger charge is 2.33. The summed E-state index contributed by atoms with van der Waals surface area (Å²) in [6.45, 7) is 10.7. The molecule has 2 rings (SSSR count). The number of carbonyl (C=O) groups excluding carboxylic acids is 2. The van der Waals surface area contributed by atoms with Gasteiger partial charge in [0.25, 0.3) is 0 Å². The molecule has 2 fully saturated rings. The van der Waals surface area contributed by atoms with Gasteiger partial charge in [0, 0.05) is 32.1 Å². The van der Waals surface area contributed by atoms with Crippen molar-refractivity contribution in [3.8, 4) is 0 Å². The van der Waals surface area contributed by atoms with Gasteiger partial charge < -0.3 is 15.1 Å². The van der Waals surface area contributed by atoms with Gasteiger partial charge in [0.2, 0.25) is 5.91 Å². The SMILES string of the molecule is CC1CC(C)CN(C(=O)NC2CC(=O)N(C(C)C)C2)C1. The standard InChI is InChI=1S/C15H27N3O2/c1-10(2)18-9-13(6-14(18)19)16-15(20)17-7-11(3)5-12(4)8-17/h10-13H,5-9H2,1-4H3,(H,16,20). The van der Waals surface area contributed by atoms with E-state index in [-0.39, 0.29) is 24.0 Å². The Morgan fingerprint density at radius 3 is 2.30 bits per heavy atom. The Morgan fingerprint density at radius 2 is 1.80 bits per heavy atom. The summed E-state index contributed by atoms with van der Waals surface area (Å²) in [6, 6.07) is 0.163. The molecule has 0 radical (unpaired) electrons. The zero-order valence-corrected chi connectivity index (χ0v) is 13.1. The summed E-state index contributed by atoms with van der Waals surface area (Å²) in [5.41, 5.74) is 0. The lowest BCUT2D eigenvalue weighted by Gasteiger charge is -2.35. The molecule has 3 amide bonds. The van der Waals surface area contributed by atoms with Crippen LogP contribution in [0, 0.1) is 11.8 Å². The molecule has 0 aromatic carbocycles. The molecule has 0 spiro atoms. The number of nitrogens with one attached hydrogen (secondary N) is 1. The van der Waals surface area contributed by atoms with Gasteiger partial charge in [0.1, 0.15) is 0 Å². The van der Waals surface area contributed by atoms with Gasteiger partial charge in [-0.15, -0.1) is 0 Å². The van der Waals surface area contributed by atoms with E-state index in [1.807, 2.05) is 23.6 Å². The summed E-state index contributed by atoms with van der Waals surface area (Å²) in [4.78, 5) is 27.9. The minimum Gasteiger partial charge on any atom is -0.338 e. The number of urea groups is 1. The Labute approximate surface area is 121 Å². The third-order valence-corrected chi connectivity index (χ3v) is 4.27. The van der Waals surface area contributed by atoms with Gasteiger partial charge in [-0.05, 0) is 32.1 Å². The fourth-order valence-corrected chi connectivity index (χ4v) is 3.42. The molecule has 2 aliphatic rings. The molecule has 2 heterocycles. The first-order valence-electron chi connectivity index (χ1n) is 7.71. The molecule has 3 atom stereocenters. The van der Waals surface area contributed by atoms with Crippen molar-refractivity contribution in [3.05, 3.63) is 0 Å². The van der Waals surface area contributed by atoms with E-state index in [2.05, 4.69) is 19.2 Å². The van der Waals surface area contributed by atoms with Crippen molar-refractivity contribution in [1.29, 1.82) is 0 Å². The minimum atomic E-state index is -0.0371. The summed E-state index contributed by atoms with van der Waals surface area (Å²) < 4.78 is 0. The first kappa shape index (κ1) is 15.1. The largest absolute Gasteiger partial charge is 0.338 e. The molecule has 1 N–H and O–H groups in total. The molecular formula is C15H27N3O2. The predicted molar refractivity (Wildman–Crippen MR) is 78.3 cm³/mol. The van der Waals surface area contributed by atoms with Crippen LogP contribution in [-0.4, -0.2) is 53.5 Å². The minimum absolute atomic E-state index is 0.00759. The highest BCUT2D eigenvalue weighted by atomic mass is 16.2. The molecule has 5 heteroatoms. The summed E-state index contributed by atoms with van der Waals surface area (Å²) >= 11 is 0. The van der Waals surface area contributed by atoms with E-state index in [9.17, 15) is 9.59 Å². The number of hydrogen-bond acceptors (Lipinski definition) is 2. The van der Waals surface area contributed by atoms with Crippen LogP contribution in [0.5, 0.6) is 0 Å². The Balaban J connectivity index is 1.87. The van der Waals surface area contributed by atoms with Crippen molar-refractivity contribution in [3.63, 3.8) is 0 Å². The molecule has 3 unspecified atom stereocenters. The molecule has 0 bridgehead atoms. The number of carbonyl (C=O) groups is 2. The van der Waals surface area contributed by atoms with Crippen LogP contribution < -0.4 is 5.32 Å². The monoisotopic (exact) mass is 281 g/mol. The fourth-order valence-electron chi connectivity index (χ4n) is 3.42. The van der Waals surface area contributed by atoms with Crippen LogP contribution >= 0.6 is 0 Å². The Kier molecular flexibility index (Phi) is 4.55. The van der Waals surface area contributed by atoms with E-state index in [1.165, 1.54) is 6.42 Å². The molecule has 20 heavy (non-hydrogen) atoms. The molecule has 2 saturated heterocycles. The Bertz CT molecular complexity index is 373. The normalized spacial score (nSPS) is 31.1. The van der Waals surface area contributed by atoms with E-state index < -0.39 is 0 Å². The molecular weight excluding hydrogens is 254 g/mol. The second-order valence-electron chi connectivity index (χ2n) is 6.84. The maximum atomic E-state index is 12.3. The van der Waals surface area contributed by atoms with Crippen LogP contribution in [0.1, 0.15) is 40.5 Å². The summed E-state index contributed by atoms with van der Waals surface area (Å²) in [5, 5.41) is 3.03. The van der Waals surface area contributed by atoms with Crippen LogP contribution in [0.25, 0.3) is 0 Å². The molecule has 0 aromatic rings. The van der Waals surface area contributed by atoms with Crippen LogP contribution in [-0.2, 0) is 4.79 Å². The van der Waals surface area contributed by atoms with E-state index in [1.54, 1.807) is 0 Å². The van der Waals surface area contributed by atoms with Gasteiger partial charge in [-0.2, -0.15) is 0 Å². The summed E-state index contributed by atoms with van der Waals surface area (Å²) in [6.07, 6.45) is 1.62. The molecule has 2 aliphatic heterocycles. The quantitative estimate of drug-likeness (QED) is 0.837. The van der Waals surface area contributed by atoms with Gasteiger partial charge >= 0.3 is 6.03 Å². The van der Waals surface area contributed by atoms with Crippen LogP contribution in [0.2, 0.25) is 0 Å². The van der Waals surface area contributed by atoms with E-state index in [0.717, 1.165) is 13.1 Å². The smallest absolute Gasteiger partial charge is 0.317 e. The van der Waals surface area contributed by atoms with Crippen molar-refractivity contribution < 1.29 is 9.59 Å². The van der Waals surface area contributed by atoms with Crippen LogP contribution in [0.3, 0.4) is 0 Å². The fraction of sp³-hybridized carbons (Fsp3) is 0.867. The lowest BCUT2D eigenvalue weighted by molar-refractivity contribution is -0.129. The Morgan fingerprint density at radius 1 is 1.20 bits per heavy atom. The maximum absolute atomic E-state index is 12.3. The van der Waals surface area contributed by atoms with Crippen molar-refractivity contribution in [2.45, 2.75) is 52.6 Å². The zero-order valence-electron chi connectivity index (χ0n) is 13.1. The van der Waals surface area contributed by atoms with E-state index >= 15 is 0 Å². The molecule has 0 aromatic heterocycles. The molecule has 5 nitrogen and oxygen atoms in total. The Hall–Kier alpha value is -1.26. The van der Waals surface area contributed by atoms with Crippen molar-refractivity contribution in [2.24, 2.45) is 11.8 Å². The van der Waals surface area contributed by atoms with Crippen LogP contribution in [0.4, 0.5) is 4.79 Å². The highest BCUT2D eigenvalue weighted by Crippen LogP contribution is 2.21. The van der Waals surface area contributed by atoms with Crippen molar-refractivity contribution in [1.82, 2.24) is 15.1 Å². The maximum Gasteiger partial charge on any atom is 0.317 e. The molecule has 114 valence electrons. The van der Waals surface area contributed by atoms with Gasteiger partial charge in [-0.1, -0.05) is 13.8 Å². The van der Waals surface area contributed by atoms with Crippen molar-refractivity contribution in [2.75, 3.05) is 19.6 Å². The molecule has 0 saturated carbocycles. The summed E-state index contributed by atoms with van der Waals surface area (Å²) in [5.74, 6) is 1.26. The average Bonchev–Trinajstić information content (AvgIpc) is 2.69. The van der Waals surface area contributed by atoms with E-state index in [4.69, 9.17) is 0 Å². The first-order valence-corrected chi connectivity index (χ1v) is 7.71. The zero-order chi connectivity index (χ0) is 14.9. The van der Waals surface area contributed by atoms with Crippen molar-refractivity contribution >= 4 is 11.9 Å². The van der Waals surface area contributed by atoms with Gasteiger partial charge in [-0.25, -0.2) is 4.79 Å². The van der Waals surface area contributed by atoms with Crippen LogP contribution in [0.15, 0.2) is 0 Å². The van der Waals surface area contributed by atoms with E-state index in [0.29, 0.717) is 24.8 Å². The number of amides is 3. The topological polar surface area (TPSA) is 52.7 Å². The number of piperidine rings is 1. The highest BCUT2D eigenvalue weighted by molar-refractivity contribution is 5.82. The molecule has 0 aliphatic carbocycles. The lowest BCUT2D eigenvalue weighted by atomic mass is 9.92. The lowest BCUT2D eigenvalue weighted by Crippen LogP contribution is -2.50.